The third-order valence-electron chi connectivity index (χ3n) is 5.41. The molecule has 0 saturated carbocycles. The quantitative estimate of drug-likeness (QED) is 0.254. The average molecular weight is 457 g/mol. The van der Waals surface area contributed by atoms with Gasteiger partial charge in [-0.15, -0.1) is 0 Å². The predicted molar refractivity (Wildman–Crippen MR) is 138 cm³/mol. The number of anilines is 4. The summed E-state index contributed by atoms with van der Waals surface area (Å²) in [6, 6.07) is 19.4. The second-order valence-corrected chi connectivity index (χ2v) is 8.12. The number of nitrogens with two attached hydrogens (primary N) is 2. The van der Waals surface area contributed by atoms with Gasteiger partial charge in [0, 0.05) is 53.8 Å². The van der Waals surface area contributed by atoms with Gasteiger partial charge < -0.3 is 27.4 Å². The largest absolute Gasteiger partial charge is 0.354 e. The van der Waals surface area contributed by atoms with Gasteiger partial charge in [-0.2, -0.15) is 0 Å². The van der Waals surface area contributed by atoms with Crippen molar-refractivity contribution in [3.05, 3.63) is 66.2 Å². The van der Waals surface area contributed by atoms with Crippen LogP contribution in [0.2, 0.25) is 0 Å². The molecule has 0 aliphatic carbocycles. The van der Waals surface area contributed by atoms with E-state index in [-0.39, 0.29) is 37.7 Å². The van der Waals surface area contributed by atoms with Crippen LogP contribution >= 0.6 is 0 Å². The van der Waals surface area contributed by atoms with Gasteiger partial charge in [0.15, 0.2) is 0 Å². The number of nitrogens with zero attached hydrogens (tertiary/aromatic N) is 1. The number of rotatable bonds is 8. The summed E-state index contributed by atoms with van der Waals surface area (Å²) in [5, 5.41) is 11.1. The standard InChI is InChI=1S/C26H28N6O2/c1-16-2-4-17(5-3-16)31-26-20-8-6-18(29-24(33)10-12-27)14-22(20)32-23-15-19(7-9-21(23)26)30-25(34)11-13-28/h2-9,14-15H,10-13,27-28H2,1H3,(H,29,33)(H,30,34)(H,31,32). The minimum Gasteiger partial charge on any atom is -0.354 e. The van der Waals surface area contributed by atoms with Gasteiger partial charge in [0.05, 0.1) is 16.7 Å². The Morgan fingerprint density at radius 3 is 1.68 bits per heavy atom. The third-order valence-corrected chi connectivity index (χ3v) is 5.41. The van der Waals surface area contributed by atoms with E-state index in [0.717, 1.165) is 22.1 Å². The van der Waals surface area contributed by atoms with E-state index in [0.29, 0.717) is 22.4 Å². The van der Waals surface area contributed by atoms with Gasteiger partial charge in [0.25, 0.3) is 0 Å². The molecule has 0 saturated heterocycles. The number of aromatic nitrogens is 1. The van der Waals surface area contributed by atoms with E-state index in [1.807, 2.05) is 67.6 Å². The first kappa shape index (κ1) is 23.2. The molecule has 7 N–H and O–H groups in total. The summed E-state index contributed by atoms with van der Waals surface area (Å²) in [4.78, 5) is 28.9. The molecule has 8 nitrogen and oxygen atoms in total. The first-order chi connectivity index (χ1) is 16.5. The normalized spacial score (nSPS) is 10.9. The van der Waals surface area contributed by atoms with Crippen molar-refractivity contribution < 1.29 is 9.59 Å². The number of hydrogen-bond donors (Lipinski definition) is 5. The molecule has 0 aliphatic rings. The third kappa shape index (κ3) is 5.31. The van der Waals surface area contributed by atoms with Crippen molar-refractivity contribution >= 4 is 56.4 Å². The molecule has 0 aliphatic heterocycles. The van der Waals surface area contributed by atoms with Crippen LogP contribution in [0, 0.1) is 6.92 Å². The highest BCUT2D eigenvalue weighted by atomic mass is 16.2. The number of hydrogen-bond acceptors (Lipinski definition) is 6. The van der Waals surface area contributed by atoms with E-state index < -0.39 is 0 Å². The molecule has 4 rings (SSSR count). The second kappa shape index (κ2) is 10.3. The Balaban J connectivity index is 1.81. The Morgan fingerprint density at radius 1 is 0.735 bits per heavy atom. The number of pyridine rings is 1. The van der Waals surface area contributed by atoms with E-state index in [1.54, 1.807) is 0 Å². The second-order valence-electron chi connectivity index (χ2n) is 8.12. The first-order valence-electron chi connectivity index (χ1n) is 11.2. The Kier molecular flexibility index (Phi) is 7.01. The molecule has 3 aromatic carbocycles. The summed E-state index contributed by atoms with van der Waals surface area (Å²) in [6.45, 7) is 2.61. The smallest absolute Gasteiger partial charge is 0.225 e. The van der Waals surface area contributed by atoms with Crippen molar-refractivity contribution in [2.75, 3.05) is 29.0 Å². The molecule has 0 spiro atoms. The lowest BCUT2D eigenvalue weighted by Crippen LogP contribution is -2.16. The van der Waals surface area contributed by atoms with Crippen LogP contribution in [0.4, 0.5) is 22.7 Å². The number of aryl methyl sites for hydroxylation is 1. The molecule has 2 amide bonds. The number of carbonyl (C=O) groups is 2. The van der Waals surface area contributed by atoms with Crippen LogP contribution in [0.25, 0.3) is 21.8 Å². The lowest BCUT2D eigenvalue weighted by atomic mass is 10.1. The molecule has 8 heteroatoms. The van der Waals surface area contributed by atoms with Crippen molar-refractivity contribution in [2.24, 2.45) is 11.5 Å². The molecule has 0 bridgehead atoms. The first-order valence-corrected chi connectivity index (χ1v) is 11.2. The van der Waals surface area contributed by atoms with Gasteiger partial charge >= 0.3 is 0 Å². The number of carbonyl (C=O) groups excluding carboxylic acids is 2. The SMILES string of the molecule is Cc1ccc(Nc2c3ccc(NC(=O)CCN)cc3nc3cc(NC(=O)CCN)ccc23)cc1. The fourth-order valence-electron chi connectivity index (χ4n) is 3.73. The minimum atomic E-state index is -0.148. The van der Waals surface area contributed by atoms with Crippen molar-refractivity contribution in [1.82, 2.24) is 4.98 Å². The van der Waals surface area contributed by atoms with Gasteiger partial charge in [0.2, 0.25) is 11.8 Å². The molecule has 0 unspecified atom stereocenters. The van der Waals surface area contributed by atoms with Gasteiger partial charge in [-0.25, -0.2) is 4.98 Å². The maximum absolute atomic E-state index is 12.0. The molecule has 0 fully saturated rings. The van der Waals surface area contributed by atoms with E-state index in [2.05, 4.69) is 16.0 Å². The predicted octanol–water partition coefficient (Wildman–Crippen LogP) is 4.01. The van der Waals surface area contributed by atoms with Crippen LogP contribution < -0.4 is 27.4 Å². The van der Waals surface area contributed by atoms with E-state index in [1.165, 1.54) is 5.56 Å². The molecule has 174 valence electrons. The Morgan fingerprint density at radius 2 is 1.21 bits per heavy atom. The minimum absolute atomic E-state index is 0.148. The van der Waals surface area contributed by atoms with Crippen molar-refractivity contribution in [3.63, 3.8) is 0 Å². The molecular weight excluding hydrogens is 428 g/mol. The highest BCUT2D eigenvalue weighted by Gasteiger charge is 2.13. The van der Waals surface area contributed by atoms with Crippen molar-refractivity contribution in [3.8, 4) is 0 Å². The highest BCUT2D eigenvalue weighted by molar-refractivity contribution is 6.10. The molecule has 0 radical (unpaired) electrons. The Bertz CT molecular complexity index is 1270. The van der Waals surface area contributed by atoms with Crippen molar-refractivity contribution in [2.45, 2.75) is 19.8 Å². The maximum Gasteiger partial charge on any atom is 0.225 e. The van der Waals surface area contributed by atoms with Gasteiger partial charge in [-0.1, -0.05) is 17.7 Å². The lowest BCUT2D eigenvalue weighted by molar-refractivity contribution is -0.116. The summed E-state index contributed by atoms with van der Waals surface area (Å²) in [5.41, 5.74) is 16.7. The number of benzene rings is 3. The fourth-order valence-corrected chi connectivity index (χ4v) is 3.73. The van der Waals surface area contributed by atoms with Crippen LogP contribution in [0.3, 0.4) is 0 Å². The summed E-state index contributed by atoms with van der Waals surface area (Å²) in [7, 11) is 0. The Hall–Kier alpha value is -4.01. The number of nitrogens with one attached hydrogen (secondary N) is 3. The van der Waals surface area contributed by atoms with E-state index >= 15 is 0 Å². The molecular formula is C26H28N6O2. The molecule has 1 aromatic heterocycles. The monoisotopic (exact) mass is 456 g/mol. The summed E-state index contributed by atoms with van der Waals surface area (Å²) in [5.74, 6) is -0.295. The fraction of sp³-hybridized carbons (Fsp3) is 0.192. The van der Waals surface area contributed by atoms with Crippen LogP contribution in [0.15, 0.2) is 60.7 Å². The van der Waals surface area contributed by atoms with Crippen LogP contribution in [0.1, 0.15) is 18.4 Å². The van der Waals surface area contributed by atoms with E-state index in [9.17, 15) is 9.59 Å². The zero-order valence-electron chi connectivity index (χ0n) is 19.0. The maximum atomic E-state index is 12.0. The van der Waals surface area contributed by atoms with Crippen molar-refractivity contribution in [1.29, 1.82) is 0 Å². The number of fused-ring (bicyclic) bond motifs is 2. The lowest BCUT2D eigenvalue weighted by Gasteiger charge is -2.15. The summed E-state index contributed by atoms with van der Waals surface area (Å²) in [6.07, 6.45) is 0.491. The average Bonchev–Trinajstić information content (AvgIpc) is 2.80. The molecule has 1 heterocycles. The molecule has 34 heavy (non-hydrogen) atoms. The van der Waals surface area contributed by atoms with Gasteiger partial charge in [-0.3, -0.25) is 9.59 Å². The van der Waals surface area contributed by atoms with Gasteiger partial charge in [0.1, 0.15) is 0 Å². The zero-order valence-corrected chi connectivity index (χ0v) is 19.0. The Labute approximate surface area is 197 Å². The van der Waals surface area contributed by atoms with E-state index in [4.69, 9.17) is 16.5 Å². The molecule has 0 atom stereocenters. The topological polar surface area (TPSA) is 135 Å². The van der Waals surface area contributed by atoms with Crippen LogP contribution in [-0.2, 0) is 9.59 Å². The zero-order chi connectivity index (χ0) is 24.1. The highest BCUT2D eigenvalue weighted by Crippen LogP contribution is 2.35. The van der Waals surface area contributed by atoms with Gasteiger partial charge in [-0.05, 0) is 55.5 Å². The van der Waals surface area contributed by atoms with Crippen LogP contribution in [-0.4, -0.2) is 29.9 Å². The molecule has 4 aromatic rings. The summed E-state index contributed by atoms with van der Waals surface area (Å²) < 4.78 is 0. The van der Waals surface area contributed by atoms with Crippen LogP contribution in [0.5, 0.6) is 0 Å². The summed E-state index contributed by atoms with van der Waals surface area (Å²) >= 11 is 0. The number of amides is 2.